The number of hydrogen-bond acceptors (Lipinski definition) is 6. The molecule has 0 unspecified atom stereocenters. The Labute approximate surface area is 150 Å². The summed E-state index contributed by atoms with van der Waals surface area (Å²) in [5, 5.41) is 4.81. The van der Waals surface area contributed by atoms with E-state index in [1.807, 2.05) is 0 Å². The van der Waals surface area contributed by atoms with Gasteiger partial charge in [-0.1, -0.05) is 12.1 Å². The fourth-order valence-corrected chi connectivity index (χ4v) is 2.62. The fraction of sp³-hybridized carbons (Fsp3) is 0.118. The smallest absolute Gasteiger partial charge is 0.383 e. The number of benzene rings is 1. The van der Waals surface area contributed by atoms with Crippen LogP contribution >= 0.6 is 0 Å². The molecule has 4 rings (SSSR count). The molecular weight excluding hydrogens is 359 g/mol. The minimum Gasteiger partial charge on any atom is -0.383 e. The molecule has 2 N–H and O–H groups in total. The fourth-order valence-electron chi connectivity index (χ4n) is 2.62. The number of hydrogen-bond donors (Lipinski definition) is 1. The van der Waals surface area contributed by atoms with Crippen LogP contribution in [0.2, 0.25) is 0 Å². The van der Waals surface area contributed by atoms with Crippen molar-refractivity contribution in [3.05, 3.63) is 60.2 Å². The molecule has 0 spiro atoms. The lowest BCUT2D eigenvalue weighted by Gasteiger charge is -2.08. The molecular formula is C17H12F3N7. The maximum Gasteiger partial charge on any atom is 0.416 e. The first-order chi connectivity index (χ1) is 12.9. The van der Waals surface area contributed by atoms with E-state index in [2.05, 4.69) is 25.0 Å². The van der Waals surface area contributed by atoms with E-state index >= 15 is 0 Å². The molecule has 0 aliphatic carbocycles. The van der Waals surface area contributed by atoms with E-state index in [0.29, 0.717) is 22.3 Å². The molecule has 0 fully saturated rings. The summed E-state index contributed by atoms with van der Waals surface area (Å²) in [4.78, 5) is 16.6. The number of nitrogens with zero attached hydrogens (tertiary/aromatic N) is 6. The Morgan fingerprint density at radius 2 is 1.96 bits per heavy atom. The normalized spacial score (nSPS) is 11.8. The van der Waals surface area contributed by atoms with Crippen molar-refractivity contribution in [2.75, 3.05) is 5.73 Å². The first-order valence-electron chi connectivity index (χ1n) is 7.83. The third-order valence-corrected chi connectivity index (χ3v) is 3.85. The van der Waals surface area contributed by atoms with Crippen LogP contribution in [-0.2, 0) is 12.7 Å². The number of aromatic nitrogens is 6. The van der Waals surface area contributed by atoms with E-state index in [9.17, 15) is 13.2 Å². The van der Waals surface area contributed by atoms with Crippen LogP contribution in [-0.4, -0.2) is 29.7 Å². The lowest BCUT2D eigenvalue weighted by atomic mass is 10.1. The summed E-state index contributed by atoms with van der Waals surface area (Å²) in [7, 11) is 0. The van der Waals surface area contributed by atoms with Gasteiger partial charge in [0, 0.05) is 18.6 Å². The van der Waals surface area contributed by atoms with Crippen LogP contribution in [0.4, 0.5) is 19.0 Å². The highest BCUT2D eigenvalue weighted by molar-refractivity contribution is 5.86. The van der Waals surface area contributed by atoms with Crippen LogP contribution in [0.3, 0.4) is 0 Å². The monoisotopic (exact) mass is 371 g/mol. The van der Waals surface area contributed by atoms with E-state index in [-0.39, 0.29) is 18.2 Å². The molecule has 0 aliphatic rings. The van der Waals surface area contributed by atoms with Gasteiger partial charge in [-0.05, 0) is 17.7 Å². The molecule has 10 heteroatoms. The molecule has 0 bridgehead atoms. The van der Waals surface area contributed by atoms with Gasteiger partial charge in [0.2, 0.25) is 0 Å². The zero-order valence-corrected chi connectivity index (χ0v) is 13.7. The van der Waals surface area contributed by atoms with Crippen molar-refractivity contribution in [2.45, 2.75) is 12.7 Å². The number of anilines is 1. The topological polar surface area (TPSA) is 95.4 Å². The number of halogens is 3. The van der Waals surface area contributed by atoms with Gasteiger partial charge in [-0.3, -0.25) is 9.67 Å². The van der Waals surface area contributed by atoms with E-state index in [1.54, 1.807) is 12.3 Å². The van der Waals surface area contributed by atoms with E-state index in [0.717, 1.165) is 12.1 Å². The molecule has 7 nitrogen and oxygen atoms in total. The van der Waals surface area contributed by atoms with Crippen molar-refractivity contribution in [1.29, 1.82) is 0 Å². The van der Waals surface area contributed by atoms with Crippen LogP contribution in [0.15, 0.2) is 49.1 Å². The molecule has 0 saturated heterocycles. The summed E-state index contributed by atoms with van der Waals surface area (Å²) in [5.74, 6) is 0.480. The molecule has 3 heterocycles. The highest BCUT2D eigenvalue weighted by Crippen LogP contribution is 2.30. The van der Waals surface area contributed by atoms with Gasteiger partial charge in [0.25, 0.3) is 0 Å². The Hall–Kier alpha value is -3.56. The highest BCUT2D eigenvalue weighted by atomic mass is 19.4. The Bertz CT molecular complexity index is 1110. The molecule has 0 atom stereocenters. The van der Waals surface area contributed by atoms with Crippen molar-refractivity contribution in [3.8, 4) is 11.5 Å². The third kappa shape index (κ3) is 3.41. The number of nitrogen functional groups attached to an aromatic ring is 1. The maximum absolute atomic E-state index is 12.9. The van der Waals surface area contributed by atoms with Crippen molar-refractivity contribution < 1.29 is 13.2 Å². The van der Waals surface area contributed by atoms with Crippen LogP contribution in [0.5, 0.6) is 0 Å². The molecule has 136 valence electrons. The molecule has 0 aliphatic heterocycles. The maximum atomic E-state index is 12.9. The van der Waals surface area contributed by atoms with Gasteiger partial charge in [-0.25, -0.2) is 15.0 Å². The van der Waals surface area contributed by atoms with Crippen LogP contribution in [0.25, 0.3) is 22.6 Å². The van der Waals surface area contributed by atoms with Gasteiger partial charge in [-0.2, -0.15) is 18.3 Å². The predicted octanol–water partition coefficient (Wildman–Crippen LogP) is 2.93. The van der Waals surface area contributed by atoms with Crippen LogP contribution in [0, 0.1) is 0 Å². The SMILES string of the molecule is Nc1nc(-c2cnccn2)nc2nn(Cc3cccc(C(F)(F)F)c3)cc12. The Kier molecular flexibility index (Phi) is 3.94. The predicted molar refractivity (Wildman–Crippen MR) is 91.3 cm³/mol. The van der Waals surface area contributed by atoms with Gasteiger partial charge < -0.3 is 5.73 Å². The average molecular weight is 371 g/mol. The summed E-state index contributed by atoms with van der Waals surface area (Å²) in [6, 6.07) is 5.08. The van der Waals surface area contributed by atoms with Crippen molar-refractivity contribution in [3.63, 3.8) is 0 Å². The highest BCUT2D eigenvalue weighted by Gasteiger charge is 2.30. The summed E-state index contributed by atoms with van der Waals surface area (Å²) in [6.07, 6.45) is 1.73. The minimum absolute atomic E-state index is 0.139. The van der Waals surface area contributed by atoms with Gasteiger partial charge in [-0.15, -0.1) is 0 Å². The molecule has 4 aromatic rings. The number of fused-ring (bicyclic) bond motifs is 1. The summed E-state index contributed by atoms with van der Waals surface area (Å²) in [6.45, 7) is 0.139. The average Bonchev–Trinajstić information content (AvgIpc) is 3.05. The second kappa shape index (κ2) is 6.31. The molecule has 3 aromatic heterocycles. The first-order valence-corrected chi connectivity index (χ1v) is 7.83. The Balaban J connectivity index is 1.69. The molecule has 1 aromatic carbocycles. The lowest BCUT2D eigenvalue weighted by Crippen LogP contribution is -2.07. The number of nitrogens with two attached hydrogens (primary N) is 1. The zero-order valence-electron chi connectivity index (χ0n) is 13.7. The van der Waals surface area contributed by atoms with Gasteiger partial charge in [0.15, 0.2) is 11.5 Å². The summed E-state index contributed by atoms with van der Waals surface area (Å²) < 4.78 is 40.1. The summed E-state index contributed by atoms with van der Waals surface area (Å²) >= 11 is 0. The molecule has 27 heavy (non-hydrogen) atoms. The largest absolute Gasteiger partial charge is 0.416 e. The molecule has 0 amide bonds. The quantitative estimate of drug-likeness (QED) is 0.595. The first kappa shape index (κ1) is 16.9. The van der Waals surface area contributed by atoms with Crippen molar-refractivity contribution >= 4 is 16.9 Å². The second-order valence-corrected chi connectivity index (χ2v) is 5.79. The lowest BCUT2D eigenvalue weighted by molar-refractivity contribution is -0.137. The standard InChI is InChI=1S/C17H12F3N7/c18-17(19,20)11-3-1-2-10(6-11)8-27-9-12-14(21)24-16(25-15(12)26-27)13-7-22-4-5-23-13/h1-7,9H,8H2,(H2,21,24,25,26). The van der Waals surface area contributed by atoms with Gasteiger partial charge in [0.05, 0.1) is 23.7 Å². The van der Waals surface area contributed by atoms with Crippen molar-refractivity contribution in [2.24, 2.45) is 0 Å². The summed E-state index contributed by atoms with van der Waals surface area (Å²) in [5.41, 5.74) is 6.50. The minimum atomic E-state index is -4.40. The van der Waals surface area contributed by atoms with E-state index < -0.39 is 11.7 Å². The van der Waals surface area contributed by atoms with Crippen LogP contribution < -0.4 is 5.73 Å². The van der Waals surface area contributed by atoms with Crippen LogP contribution in [0.1, 0.15) is 11.1 Å². The van der Waals surface area contributed by atoms with E-state index in [1.165, 1.54) is 29.3 Å². The Morgan fingerprint density at radius 3 is 2.70 bits per heavy atom. The molecule has 0 radical (unpaired) electrons. The zero-order chi connectivity index (χ0) is 19.0. The van der Waals surface area contributed by atoms with Gasteiger partial charge >= 0.3 is 6.18 Å². The third-order valence-electron chi connectivity index (χ3n) is 3.85. The Morgan fingerprint density at radius 1 is 1.11 bits per heavy atom. The number of rotatable bonds is 3. The molecule has 0 saturated carbocycles. The second-order valence-electron chi connectivity index (χ2n) is 5.79. The van der Waals surface area contributed by atoms with E-state index in [4.69, 9.17) is 5.73 Å². The van der Waals surface area contributed by atoms with Gasteiger partial charge in [0.1, 0.15) is 11.5 Å². The number of alkyl halides is 3. The van der Waals surface area contributed by atoms with Crippen molar-refractivity contribution in [1.82, 2.24) is 29.7 Å².